The average Bonchev–Trinajstić information content (AvgIpc) is 3.21. The van der Waals surface area contributed by atoms with E-state index in [-0.39, 0.29) is 0 Å². The van der Waals surface area contributed by atoms with Crippen LogP contribution in [-0.4, -0.2) is 48.2 Å². The van der Waals surface area contributed by atoms with Crippen molar-refractivity contribution in [1.29, 1.82) is 0 Å². The fourth-order valence-corrected chi connectivity index (χ4v) is 3.73. The minimum absolute atomic E-state index is 0.387. The SMILES string of the molecule is COc1nccc(C)c1-n1nc2c(c1C)Nc1ncc3c(Cl)nn(c3n1)CCCO2. The molecule has 0 aromatic carbocycles. The van der Waals surface area contributed by atoms with Crippen molar-refractivity contribution in [3.8, 4) is 17.4 Å². The highest BCUT2D eigenvalue weighted by Gasteiger charge is 2.23. The van der Waals surface area contributed by atoms with Crippen LogP contribution in [0.4, 0.5) is 11.6 Å². The molecule has 0 radical (unpaired) electrons. The number of aryl methyl sites for hydroxylation is 2. The standard InChI is InChI=1S/C19H19ClN8O2/c1-10-5-6-21-18(29-3)14(10)28-11(2)13-17(26-28)30-8-4-7-27-16-12(15(20)25-27)9-22-19(23-13)24-16/h5-6,9H,4,7-8H2,1-3H3,(H,22,23,24). The first-order chi connectivity index (χ1) is 14.6. The molecule has 0 spiro atoms. The van der Waals surface area contributed by atoms with E-state index in [1.54, 1.807) is 28.9 Å². The molecule has 30 heavy (non-hydrogen) atoms. The highest BCUT2D eigenvalue weighted by molar-refractivity contribution is 6.34. The smallest absolute Gasteiger partial charge is 0.257 e. The first kappa shape index (κ1) is 18.6. The van der Waals surface area contributed by atoms with Crippen molar-refractivity contribution in [1.82, 2.24) is 34.5 Å². The van der Waals surface area contributed by atoms with Gasteiger partial charge in [0.15, 0.2) is 10.8 Å². The van der Waals surface area contributed by atoms with Gasteiger partial charge in [-0.1, -0.05) is 11.6 Å². The van der Waals surface area contributed by atoms with Crippen molar-refractivity contribution >= 4 is 34.3 Å². The maximum atomic E-state index is 6.23. The Balaban J connectivity index is 1.66. The summed E-state index contributed by atoms with van der Waals surface area (Å²) in [5.41, 5.74) is 3.90. The van der Waals surface area contributed by atoms with E-state index in [1.165, 1.54) is 0 Å². The molecular formula is C19H19ClN8O2. The number of methoxy groups -OCH3 is 1. The summed E-state index contributed by atoms with van der Waals surface area (Å²) in [6.45, 7) is 4.99. The van der Waals surface area contributed by atoms with Gasteiger partial charge in [0.2, 0.25) is 11.8 Å². The van der Waals surface area contributed by atoms with Gasteiger partial charge in [0, 0.05) is 25.4 Å². The van der Waals surface area contributed by atoms with Crippen LogP contribution >= 0.6 is 11.6 Å². The molecule has 5 rings (SSSR count). The zero-order valence-electron chi connectivity index (χ0n) is 16.7. The van der Waals surface area contributed by atoms with Gasteiger partial charge in [-0.05, 0) is 25.5 Å². The summed E-state index contributed by atoms with van der Waals surface area (Å²) < 4.78 is 15.0. The number of nitrogens with one attached hydrogen (secondary N) is 1. The third-order valence-electron chi connectivity index (χ3n) is 5.02. The van der Waals surface area contributed by atoms with Crippen LogP contribution in [0.2, 0.25) is 5.15 Å². The molecule has 0 fully saturated rings. The lowest BCUT2D eigenvalue weighted by atomic mass is 10.2. The molecule has 10 nitrogen and oxygen atoms in total. The van der Waals surface area contributed by atoms with Crippen molar-refractivity contribution in [3.63, 3.8) is 0 Å². The summed E-state index contributed by atoms with van der Waals surface area (Å²) in [6.07, 6.45) is 4.09. The van der Waals surface area contributed by atoms with E-state index < -0.39 is 0 Å². The Labute approximate surface area is 176 Å². The Morgan fingerprint density at radius 2 is 2.10 bits per heavy atom. The summed E-state index contributed by atoms with van der Waals surface area (Å²) >= 11 is 6.23. The van der Waals surface area contributed by atoms with E-state index in [2.05, 4.69) is 25.4 Å². The number of rotatable bonds is 2. The first-order valence-electron chi connectivity index (χ1n) is 9.45. The molecule has 1 aliphatic heterocycles. The number of halogens is 1. The number of nitrogens with zero attached hydrogens (tertiary/aromatic N) is 7. The maximum Gasteiger partial charge on any atom is 0.257 e. The van der Waals surface area contributed by atoms with E-state index in [0.29, 0.717) is 59.2 Å². The Kier molecular flexibility index (Phi) is 4.43. The van der Waals surface area contributed by atoms with Gasteiger partial charge in [-0.3, -0.25) is 0 Å². The number of pyridine rings is 1. The molecule has 0 amide bonds. The Morgan fingerprint density at radius 1 is 1.23 bits per heavy atom. The van der Waals surface area contributed by atoms with Gasteiger partial charge in [-0.15, -0.1) is 5.10 Å². The third-order valence-corrected chi connectivity index (χ3v) is 5.29. The van der Waals surface area contributed by atoms with Crippen LogP contribution in [0.1, 0.15) is 17.7 Å². The highest BCUT2D eigenvalue weighted by atomic mass is 35.5. The van der Waals surface area contributed by atoms with Gasteiger partial charge in [0.25, 0.3) is 5.88 Å². The van der Waals surface area contributed by atoms with E-state index in [0.717, 1.165) is 16.9 Å². The van der Waals surface area contributed by atoms with Crippen LogP contribution in [0.25, 0.3) is 16.7 Å². The lowest BCUT2D eigenvalue weighted by Gasteiger charge is -2.12. The molecule has 1 aliphatic rings. The molecule has 0 saturated carbocycles. The van der Waals surface area contributed by atoms with E-state index in [4.69, 9.17) is 26.2 Å². The monoisotopic (exact) mass is 426 g/mol. The quantitative estimate of drug-likeness (QED) is 0.521. The van der Waals surface area contributed by atoms with E-state index in [1.807, 2.05) is 19.9 Å². The third kappa shape index (κ3) is 2.91. The molecule has 1 N–H and O–H groups in total. The molecule has 0 saturated heterocycles. The highest BCUT2D eigenvalue weighted by Crippen LogP contribution is 2.35. The van der Waals surface area contributed by atoms with Gasteiger partial charge >= 0.3 is 0 Å². The van der Waals surface area contributed by atoms with Crippen molar-refractivity contribution in [2.24, 2.45) is 0 Å². The molecule has 0 unspecified atom stereocenters. The molecule has 5 heterocycles. The molecule has 0 atom stereocenters. The van der Waals surface area contributed by atoms with Crippen LogP contribution < -0.4 is 14.8 Å². The molecule has 11 heteroatoms. The lowest BCUT2D eigenvalue weighted by molar-refractivity contribution is 0.288. The zero-order valence-corrected chi connectivity index (χ0v) is 17.4. The van der Waals surface area contributed by atoms with E-state index in [9.17, 15) is 0 Å². The molecule has 4 aromatic rings. The fraction of sp³-hybridized carbons (Fsp3) is 0.316. The predicted molar refractivity (Wildman–Crippen MR) is 111 cm³/mol. The topological polar surface area (TPSA) is 105 Å². The normalized spacial score (nSPS) is 13.5. The van der Waals surface area contributed by atoms with Crippen LogP contribution in [0.3, 0.4) is 0 Å². The summed E-state index contributed by atoms with van der Waals surface area (Å²) in [5, 5.41) is 13.4. The van der Waals surface area contributed by atoms with Crippen LogP contribution in [0.15, 0.2) is 18.5 Å². The molecular weight excluding hydrogens is 408 g/mol. The number of fused-ring (bicyclic) bond motifs is 2. The summed E-state index contributed by atoms with van der Waals surface area (Å²) in [4.78, 5) is 13.3. The summed E-state index contributed by atoms with van der Waals surface area (Å²) in [6, 6.07) is 1.91. The molecule has 2 bridgehead atoms. The number of ether oxygens (including phenoxy) is 2. The summed E-state index contributed by atoms with van der Waals surface area (Å²) in [5.74, 6) is 1.35. The second kappa shape index (κ2) is 7.13. The Hall–Kier alpha value is -3.40. The van der Waals surface area contributed by atoms with Crippen LogP contribution in [0.5, 0.6) is 11.8 Å². The van der Waals surface area contributed by atoms with Gasteiger partial charge in [0.05, 0.1) is 24.8 Å². The Bertz CT molecular complexity index is 1270. The number of hydrogen-bond donors (Lipinski definition) is 1. The predicted octanol–water partition coefficient (Wildman–Crippen LogP) is 3.21. The largest absolute Gasteiger partial charge is 0.479 e. The minimum Gasteiger partial charge on any atom is -0.479 e. The fourth-order valence-electron chi connectivity index (χ4n) is 3.51. The second-order valence-electron chi connectivity index (χ2n) is 6.93. The molecule has 4 aromatic heterocycles. The Morgan fingerprint density at radius 3 is 2.93 bits per heavy atom. The zero-order chi connectivity index (χ0) is 20.8. The van der Waals surface area contributed by atoms with Gasteiger partial charge in [-0.2, -0.15) is 10.1 Å². The lowest BCUT2D eigenvalue weighted by Crippen LogP contribution is -2.08. The first-order valence-corrected chi connectivity index (χ1v) is 9.83. The average molecular weight is 427 g/mol. The van der Waals surface area contributed by atoms with Gasteiger partial charge < -0.3 is 14.8 Å². The van der Waals surface area contributed by atoms with Crippen molar-refractivity contribution < 1.29 is 9.47 Å². The van der Waals surface area contributed by atoms with Crippen molar-refractivity contribution in [2.75, 3.05) is 19.0 Å². The minimum atomic E-state index is 0.387. The van der Waals surface area contributed by atoms with Gasteiger partial charge in [0.1, 0.15) is 11.4 Å². The van der Waals surface area contributed by atoms with Crippen molar-refractivity contribution in [3.05, 3.63) is 34.9 Å². The van der Waals surface area contributed by atoms with E-state index >= 15 is 0 Å². The van der Waals surface area contributed by atoms with Crippen LogP contribution in [0, 0.1) is 13.8 Å². The number of aromatic nitrogens is 7. The molecule has 154 valence electrons. The maximum absolute atomic E-state index is 6.23. The van der Waals surface area contributed by atoms with Gasteiger partial charge in [-0.25, -0.2) is 19.3 Å². The summed E-state index contributed by atoms with van der Waals surface area (Å²) in [7, 11) is 1.59. The number of hydrogen-bond acceptors (Lipinski definition) is 8. The van der Waals surface area contributed by atoms with Crippen molar-refractivity contribution in [2.45, 2.75) is 26.8 Å². The van der Waals surface area contributed by atoms with Crippen LogP contribution in [-0.2, 0) is 6.54 Å². The number of anilines is 2. The second-order valence-corrected chi connectivity index (χ2v) is 7.29. The molecule has 0 aliphatic carbocycles.